The number of hydrogen-bond donors (Lipinski definition) is 1. The number of nitrogens with one attached hydrogen (secondary N) is 1. The highest BCUT2D eigenvalue weighted by atomic mass is 35.5. The Bertz CT molecular complexity index is 584. The van der Waals surface area contributed by atoms with E-state index in [1.54, 1.807) is 18.2 Å². The Morgan fingerprint density at radius 2 is 1.63 bits per heavy atom. The van der Waals surface area contributed by atoms with Gasteiger partial charge < -0.3 is 5.32 Å². The van der Waals surface area contributed by atoms with Crippen molar-refractivity contribution >= 4 is 11.6 Å². The topological polar surface area (TPSA) is 12.0 Å². The average Bonchev–Trinajstić information content (AvgIpc) is 2.37. The Labute approximate surface area is 116 Å². The van der Waals surface area contributed by atoms with Crippen LogP contribution in [-0.2, 0) is 6.54 Å². The Kier molecular flexibility index (Phi) is 4.51. The Balaban J connectivity index is 2.35. The van der Waals surface area contributed by atoms with Gasteiger partial charge in [-0.3, -0.25) is 0 Å². The van der Waals surface area contributed by atoms with E-state index in [1.807, 2.05) is 6.92 Å². The first-order chi connectivity index (χ1) is 9.11. The molecule has 1 nitrogen and oxygen atoms in total. The minimum Gasteiger partial charge on any atom is -0.313 e. The molecule has 0 heterocycles. The SMILES string of the molecule is CCNCc1ccc(-c2ccc(Cl)cc2F)c(F)c1. The van der Waals surface area contributed by atoms with Crippen LogP contribution in [0.2, 0.25) is 5.02 Å². The van der Waals surface area contributed by atoms with E-state index < -0.39 is 11.6 Å². The molecule has 0 aromatic heterocycles. The molecule has 0 fully saturated rings. The van der Waals surface area contributed by atoms with E-state index in [2.05, 4.69) is 5.32 Å². The second-order valence-corrected chi connectivity index (χ2v) is 4.66. The quantitative estimate of drug-likeness (QED) is 0.876. The maximum absolute atomic E-state index is 14.0. The maximum Gasteiger partial charge on any atom is 0.132 e. The summed E-state index contributed by atoms with van der Waals surface area (Å²) in [6.45, 7) is 3.39. The highest BCUT2D eigenvalue weighted by Gasteiger charge is 2.11. The van der Waals surface area contributed by atoms with Crippen LogP contribution in [0, 0.1) is 11.6 Å². The Morgan fingerprint density at radius 3 is 2.21 bits per heavy atom. The molecule has 0 unspecified atom stereocenters. The van der Waals surface area contributed by atoms with Gasteiger partial charge >= 0.3 is 0 Å². The summed E-state index contributed by atoms with van der Waals surface area (Å²) in [6.07, 6.45) is 0. The lowest BCUT2D eigenvalue weighted by Gasteiger charge is -2.08. The van der Waals surface area contributed by atoms with Crippen molar-refractivity contribution in [2.24, 2.45) is 0 Å². The zero-order chi connectivity index (χ0) is 13.8. The third kappa shape index (κ3) is 3.31. The molecule has 0 saturated heterocycles. The third-order valence-corrected chi connectivity index (χ3v) is 3.07. The lowest BCUT2D eigenvalue weighted by atomic mass is 10.0. The molecule has 0 radical (unpaired) electrons. The van der Waals surface area contributed by atoms with E-state index in [9.17, 15) is 8.78 Å². The van der Waals surface area contributed by atoms with Gasteiger partial charge in [-0.05, 0) is 36.4 Å². The zero-order valence-electron chi connectivity index (χ0n) is 10.5. The van der Waals surface area contributed by atoms with Gasteiger partial charge in [0, 0.05) is 22.7 Å². The first-order valence-electron chi connectivity index (χ1n) is 6.06. The lowest BCUT2D eigenvalue weighted by molar-refractivity contribution is 0.613. The number of hydrogen-bond acceptors (Lipinski definition) is 1. The summed E-state index contributed by atoms with van der Waals surface area (Å²) in [5.41, 5.74) is 1.30. The highest BCUT2D eigenvalue weighted by Crippen LogP contribution is 2.28. The highest BCUT2D eigenvalue weighted by molar-refractivity contribution is 6.30. The van der Waals surface area contributed by atoms with Gasteiger partial charge in [0.15, 0.2) is 0 Å². The predicted octanol–water partition coefficient (Wildman–Crippen LogP) is 4.39. The van der Waals surface area contributed by atoms with Gasteiger partial charge in [-0.2, -0.15) is 0 Å². The van der Waals surface area contributed by atoms with Gasteiger partial charge in [-0.25, -0.2) is 8.78 Å². The van der Waals surface area contributed by atoms with E-state index >= 15 is 0 Å². The summed E-state index contributed by atoms with van der Waals surface area (Å²) in [6, 6.07) is 9.02. The molecule has 19 heavy (non-hydrogen) atoms. The van der Waals surface area contributed by atoms with Crippen LogP contribution in [0.15, 0.2) is 36.4 Å². The van der Waals surface area contributed by atoms with Crippen LogP contribution in [0.4, 0.5) is 8.78 Å². The number of halogens is 3. The molecule has 100 valence electrons. The van der Waals surface area contributed by atoms with Crippen molar-refractivity contribution < 1.29 is 8.78 Å². The molecular weight excluding hydrogens is 268 g/mol. The molecule has 2 aromatic rings. The van der Waals surface area contributed by atoms with Crippen LogP contribution < -0.4 is 5.32 Å². The maximum atomic E-state index is 14.0. The van der Waals surface area contributed by atoms with E-state index in [0.29, 0.717) is 11.6 Å². The van der Waals surface area contributed by atoms with Crippen molar-refractivity contribution in [3.63, 3.8) is 0 Å². The monoisotopic (exact) mass is 281 g/mol. The smallest absolute Gasteiger partial charge is 0.132 e. The number of benzene rings is 2. The average molecular weight is 282 g/mol. The fourth-order valence-corrected chi connectivity index (χ4v) is 2.02. The second kappa shape index (κ2) is 6.13. The van der Waals surface area contributed by atoms with Crippen LogP contribution in [0.5, 0.6) is 0 Å². The standard InChI is InChI=1S/C15H14ClF2N/c1-2-19-9-10-3-5-12(14(17)7-10)13-6-4-11(16)8-15(13)18/h3-8,19H,2,9H2,1H3. The molecular formula is C15H14ClF2N. The first kappa shape index (κ1) is 14.0. The first-order valence-corrected chi connectivity index (χ1v) is 6.44. The summed E-state index contributed by atoms with van der Waals surface area (Å²) in [7, 11) is 0. The van der Waals surface area contributed by atoms with E-state index in [-0.39, 0.29) is 11.1 Å². The van der Waals surface area contributed by atoms with Gasteiger partial charge in [0.05, 0.1) is 0 Å². The zero-order valence-corrected chi connectivity index (χ0v) is 11.3. The Hall–Kier alpha value is -1.45. The minimum atomic E-state index is -0.522. The summed E-state index contributed by atoms with van der Waals surface area (Å²) >= 11 is 5.68. The summed E-state index contributed by atoms with van der Waals surface area (Å²) in [5, 5.41) is 3.41. The van der Waals surface area contributed by atoms with Crippen molar-refractivity contribution in [2.75, 3.05) is 6.54 Å². The van der Waals surface area contributed by atoms with Crippen LogP contribution in [0.25, 0.3) is 11.1 Å². The van der Waals surface area contributed by atoms with Crippen molar-refractivity contribution in [2.45, 2.75) is 13.5 Å². The van der Waals surface area contributed by atoms with Crippen LogP contribution in [-0.4, -0.2) is 6.54 Å². The van der Waals surface area contributed by atoms with E-state index in [4.69, 9.17) is 11.6 Å². The number of rotatable bonds is 4. The lowest BCUT2D eigenvalue weighted by Crippen LogP contribution is -2.11. The van der Waals surface area contributed by atoms with E-state index in [1.165, 1.54) is 18.2 Å². The van der Waals surface area contributed by atoms with Gasteiger partial charge in [-0.15, -0.1) is 0 Å². The molecule has 0 bridgehead atoms. The fourth-order valence-electron chi connectivity index (χ4n) is 1.86. The van der Waals surface area contributed by atoms with Gasteiger partial charge in [0.25, 0.3) is 0 Å². The molecule has 0 spiro atoms. The molecule has 4 heteroatoms. The third-order valence-electron chi connectivity index (χ3n) is 2.83. The van der Waals surface area contributed by atoms with Crippen molar-refractivity contribution in [3.05, 3.63) is 58.6 Å². The van der Waals surface area contributed by atoms with Crippen LogP contribution in [0.3, 0.4) is 0 Å². The van der Waals surface area contributed by atoms with Gasteiger partial charge in [0.1, 0.15) is 11.6 Å². The summed E-state index contributed by atoms with van der Waals surface area (Å²) < 4.78 is 27.8. The second-order valence-electron chi connectivity index (χ2n) is 4.22. The van der Waals surface area contributed by atoms with Gasteiger partial charge in [0.2, 0.25) is 0 Å². The fraction of sp³-hybridized carbons (Fsp3) is 0.200. The van der Waals surface area contributed by atoms with Crippen LogP contribution >= 0.6 is 11.6 Å². The molecule has 0 atom stereocenters. The minimum absolute atomic E-state index is 0.219. The molecule has 0 aliphatic rings. The van der Waals surface area contributed by atoms with Crippen molar-refractivity contribution in [1.29, 1.82) is 0 Å². The molecule has 0 aliphatic carbocycles. The molecule has 0 aliphatic heterocycles. The predicted molar refractivity (Wildman–Crippen MR) is 74.2 cm³/mol. The summed E-state index contributed by atoms with van der Waals surface area (Å²) in [4.78, 5) is 0. The van der Waals surface area contributed by atoms with Gasteiger partial charge in [-0.1, -0.05) is 30.7 Å². The molecule has 0 saturated carbocycles. The molecule has 0 amide bonds. The molecule has 2 aromatic carbocycles. The molecule has 2 rings (SSSR count). The Morgan fingerprint density at radius 1 is 1.00 bits per heavy atom. The normalized spacial score (nSPS) is 10.7. The van der Waals surface area contributed by atoms with Crippen molar-refractivity contribution in [1.82, 2.24) is 5.32 Å². The van der Waals surface area contributed by atoms with Crippen molar-refractivity contribution in [3.8, 4) is 11.1 Å². The summed E-state index contributed by atoms with van der Waals surface area (Å²) in [5.74, 6) is -0.956. The van der Waals surface area contributed by atoms with Crippen LogP contribution in [0.1, 0.15) is 12.5 Å². The largest absolute Gasteiger partial charge is 0.313 e. The van der Waals surface area contributed by atoms with E-state index in [0.717, 1.165) is 12.1 Å². The molecule has 1 N–H and O–H groups in total.